The Morgan fingerprint density at radius 3 is 2.10 bits per heavy atom. The molecule has 0 bridgehead atoms. The lowest BCUT2D eigenvalue weighted by Crippen LogP contribution is -2.64. The van der Waals surface area contributed by atoms with Crippen molar-refractivity contribution in [2.24, 2.45) is 0 Å². The van der Waals surface area contributed by atoms with Crippen molar-refractivity contribution < 1.29 is 28.5 Å². The lowest BCUT2D eigenvalue weighted by Gasteiger charge is -2.46. The molecule has 116 valence electrons. The number of amides is 1. The molecule has 0 N–H and O–H groups in total. The van der Waals surface area contributed by atoms with Crippen LogP contribution < -0.4 is 0 Å². The summed E-state index contributed by atoms with van der Waals surface area (Å²) in [6.45, 7) is 4.55. The van der Waals surface area contributed by atoms with E-state index >= 15 is 0 Å². The molecule has 0 saturated carbocycles. The molecule has 0 radical (unpaired) electrons. The van der Waals surface area contributed by atoms with Gasteiger partial charge in [-0.15, -0.1) is 0 Å². The van der Waals surface area contributed by atoms with Gasteiger partial charge < -0.3 is 23.8 Å². The zero-order chi connectivity index (χ0) is 15.4. The molecule has 0 aliphatic carbocycles. The van der Waals surface area contributed by atoms with Crippen LogP contribution in [0.1, 0.15) is 20.8 Å². The number of hydrogen-bond acceptors (Lipinski definition) is 6. The molecule has 0 aromatic heterocycles. The molecule has 7 nitrogen and oxygen atoms in total. The van der Waals surface area contributed by atoms with Crippen molar-refractivity contribution in [3.8, 4) is 0 Å². The quantitative estimate of drug-likeness (QED) is 0.687. The number of ether oxygens (including phenoxy) is 4. The van der Waals surface area contributed by atoms with Crippen LogP contribution in [-0.4, -0.2) is 68.7 Å². The number of rotatable bonds is 4. The number of carbonyl (C=O) groups is 2. The summed E-state index contributed by atoms with van der Waals surface area (Å²) >= 11 is 0. The van der Waals surface area contributed by atoms with Crippen molar-refractivity contribution in [2.45, 2.75) is 51.4 Å². The molecule has 1 heterocycles. The third kappa shape index (κ3) is 3.47. The van der Waals surface area contributed by atoms with Crippen LogP contribution in [0.5, 0.6) is 0 Å². The van der Waals surface area contributed by atoms with Crippen LogP contribution in [0, 0.1) is 0 Å². The van der Waals surface area contributed by atoms with Crippen molar-refractivity contribution in [3.05, 3.63) is 0 Å². The fourth-order valence-corrected chi connectivity index (χ4v) is 2.45. The first-order valence-electron chi connectivity index (χ1n) is 6.45. The van der Waals surface area contributed by atoms with Gasteiger partial charge in [-0.1, -0.05) is 0 Å². The summed E-state index contributed by atoms with van der Waals surface area (Å²) in [5.74, 6) is -0.620. The minimum Gasteiger partial charge on any atom is -0.457 e. The number of methoxy groups -OCH3 is 2. The first kappa shape index (κ1) is 16.9. The van der Waals surface area contributed by atoms with Gasteiger partial charge >= 0.3 is 5.97 Å². The molecule has 7 heteroatoms. The predicted octanol–water partition coefficient (Wildman–Crippen LogP) is 0.171. The van der Waals surface area contributed by atoms with E-state index in [0.717, 1.165) is 0 Å². The van der Waals surface area contributed by atoms with E-state index in [-0.39, 0.29) is 12.0 Å². The smallest absolute Gasteiger partial charge is 0.303 e. The van der Waals surface area contributed by atoms with Crippen LogP contribution in [0.4, 0.5) is 0 Å². The fraction of sp³-hybridized carbons (Fsp3) is 0.846. The number of nitrogens with zero attached hydrogens (tertiary/aromatic N) is 1. The Balaban J connectivity index is 3.12. The highest BCUT2D eigenvalue weighted by Gasteiger charge is 2.49. The molecule has 1 fully saturated rings. The van der Waals surface area contributed by atoms with Crippen LogP contribution in [0.2, 0.25) is 0 Å². The maximum Gasteiger partial charge on any atom is 0.303 e. The standard InChI is InChI=1S/C13H23NO6/c1-7-11(17-5)12(20-9(3)16)10(13(18-6)19-7)14(4)8(2)15/h7,10-13H,1-6H3. The highest BCUT2D eigenvalue weighted by molar-refractivity contribution is 5.73. The molecule has 5 unspecified atom stereocenters. The average Bonchev–Trinajstić information content (AvgIpc) is 2.36. The predicted molar refractivity (Wildman–Crippen MR) is 69.9 cm³/mol. The minimum atomic E-state index is -0.686. The van der Waals surface area contributed by atoms with Gasteiger partial charge in [0, 0.05) is 35.1 Å². The van der Waals surface area contributed by atoms with Gasteiger partial charge in [-0.05, 0) is 6.92 Å². The molecule has 5 atom stereocenters. The van der Waals surface area contributed by atoms with Crippen LogP contribution >= 0.6 is 0 Å². The van der Waals surface area contributed by atoms with Crippen molar-refractivity contribution in [1.29, 1.82) is 0 Å². The molecule has 0 spiro atoms. The van der Waals surface area contributed by atoms with Crippen LogP contribution in [0.25, 0.3) is 0 Å². The van der Waals surface area contributed by atoms with E-state index in [4.69, 9.17) is 18.9 Å². The van der Waals surface area contributed by atoms with Gasteiger partial charge in [-0.25, -0.2) is 0 Å². The molecular formula is C13H23NO6. The number of esters is 1. The molecule has 1 aliphatic heterocycles. The lowest BCUT2D eigenvalue weighted by molar-refractivity contribution is -0.275. The third-order valence-electron chi connectivity index (χ3n) is 3.50. The minimum absolute atomic E-state index is 0.179. The monoisotopic (exact) mass is 289 g/mol. The first-order chi connectivity index (χ1) is 9.33. The average molecular weight is 289 g/mol. The van der Waals surface area contributed by atoms with Crippen molar-refractivity contribution >= 4 is 11.9 Å². The lowest BCUT2D eigenvalue weighted by atomic mass is 9.96. The fourth-order valence-electron chi connectivity index (χ4n) is 2.45. The van der Waals surface area contributed by atoms with Crippen LogP contribution in [0.3, 0.4) is 0 Å². The summed E-state index contributed by atoms with van der Waals surface area (Å²) in [7, 11) is 4.61. The van der Waals surface area contributed by atoms with Crippen LogP contribution in [0.15, 0.2) is 0 Å². The molecular weight excluding hydrogens is 266 g/mol. The van der Waals surface area contributed by atoms with Gasteiger partial charge in [0.05, 0.1) is 6.10 Å². The summed E-state index contributed by atoms with van der Waals surface area (Å²) in [6.07, 6.45) is -2.14. The summed E-state index contributed by atoms with van der Waals surface area (Å²) < 4.78 is 21.7. The van der Waals surface area contributed by atoms with Gasteiger partial charge in [0.25, 0.3) is 0 Å². The normalized spacial score (nSPS) is 33.6. The van der Waals surface area contributed by atoms with E-state index in [0.29, 0.717) is 0 Å². The first-order valence-corrected chi connectivity index (χ1v) is 6.45. The number of hydrogen-bond donors (Lipinski definition) is 0. The van der Waals surface area contributed by atoms with Gasteiger partial charge in [0.1, 0.15) is 12.1 Å². The summed E-state index contributed by atoms with van der Waals surface area (Å²) in [6, 6.07) is -0.567. The molecule has 1 aliphatic rings. The van der Waals surface area contributed by atoms with E-state index in [9.17, 15) is 9.59 Å². The molecule has 0 aromatic carbocycles. The zero-order valence-corrected chi connectivity index (χ0v) is 12.8. The Morgan fingerprint density at radius 1 is 1.10 bits per heavy atom. The highest BCUT2D eigenvalue weighted by atomic mass is 16.7. The number of carbonyl (C=O) groups excluding carboxylic acids is 2. The largest absolute Gasteiger partial charge is 0.457 e. The second-order valence-corrected chi connectivity index (χ2v) is 4.84. The Labute approximate surface area is 119 Å². The maximum absolute atomic E-state index is 11.6. The molecule has 1 amide bonds. The highest BCUT2D eigenvalue weighted by Crippen LogP contribution is 2.29. The van der Waals surface area contributed by atoms with Crippen LogP contribution in [-0.2, 0) is 28.5 Å². The van der Waals surface area contributed by atoms with Crippen molar-refractivity contribution in [3.63, 3.8) is 0 Å². The summed E-state index contributed by atoms with van der Waals surface area (Å²) in [4.78, 5) is 24.4. The Bertz CT molecular complexity index is 361. The second-order valence-electron chi connectivity index (χ2n) is 4.84. The van der Waals surface area contributed by atoms with E-state index in [1.807, 2.05) is 0 Å². The third-order valence-corrected chi connectivity index (χ3v) is 3.50. The molecule has 1 rings (SSSR count). The van der Waals surface area contributed by atoms with E-state index in [1.54, 1.807) is 14.0 Å². The SMILES string of the molecule is COC1OC(C)C(OC)C(OC(C)=O)C1N(C)C(C)=O. The maximum atomic E-state index is 11.6. The zero-order valence-electron chi connectivity index (χ0n) is 12.8. The Kier molecular flexibility index (Phi) is 5.91. The van der Waals surface area contributed by atoms with Crippen molar-refractivity contribution in [1.82, 2.24) is 4.90 Å². The van der Waals surface area contributed by atoms with Gasteiger partial charge in [-0.3, -0.25) is 9.59 Å². The molecule has 1 saturated heterocycles. The summed E-state index contributed by atoms with van der Waals surface area (Å²) in [5, 5.41) is 0. The van der Waals surface area contributed by atoms with Gasteiger partial charge in [0.2, 0.25) is 5.91 Å². The van der Waals surface area contributed by atoms with E-state index < -0.39 is 30.5 Å². The topological polar surface area (TPSA) is 74.3 Å². The van der Waals surface area contributed by atoms with Crippen molar-refractivity contribution in [2.75, 3.05) is 21.3 Å². The van der Waals surface area contributed by atoms with E-state index in [1.165, 1.54) is 33.0 Å². The number of likely N-dealkylation sites (N-methyl/N-ethyl adjacent to an activating group) is 1. The van der Waals surface area contributed by atoms with E-state index in [2.05, 4.69) is 0 Å². The Hall–Kier alpha value is -1.18. The Morgan fingerprint density at radius 2 is 1.70 bits per heavy atom. The molecule has 20 heavy (non-hydrogen) atoms. The van der Waals surface area contributed by atoms with Gasteiger partial charge in [-0.2, -0.15) is 0 Å². The molecule has 0 aromatic rings. The van der Waals surface area contributed by atoms with Gasteiger partial charge in [0.15, 0.2) is 12.4 Å². The second kappa shape index (κ2) is 7.01. The summed E-state index contributed by atoms with van der Waals surface area (Å²) in [5.41, 5.74) is 0.